The van der Waals surface area contributed by atoms with Crippen LogP contribution in [0.4, 0.5) is 0 Å². The third kappa shape index (κ3) is 5.54. The van der Waals surface area contributed by atoms with Gasteiger partial charge in [0.15, 0.2) is 0 Å². The predicted molar refractivity (Wildman–Crippen MR) is 133 cm³/mol. The first-order chi connectivity index (χ1) is 17.9. The third-order valence-electron chi connectivity index (χ3n) is 5.39. The van der Waals surface area contributed by atoms with Crippen LogP contribution in [0, 0.1) is 0 Å². The second-order valence-corrected chi connectivity index (χ2v) is 7.71. The summed E-state index contributed by atoms with van der Waals surface area (Å²) < 4.78 is 15.7. The highest BCUT2D eigenvalue weighted by molar-refractivity contribution is 6.10. The Morgan fingerprint density at radius 2 is 1.00 bits per heavy atom. The Hall–Kier alpha value is -4.84. The van der Waals surface area contributed by atoms with E-state index in [0.717, 1.165) is 10.8 Å². The van der Waals surface area contributed by atoms with E-state index < -0.39 is 37.0 Å². The summed E-state index contributed by atoms with van der Waals surface area (Å²) in [5.41, 5.74) is 4.23. The number of hydrogen-bond donors (Lipinski definition) is 4. The number of fused-ring (bicyclic) bond motifs is 2. The summed E-state index contributed by atoms with van der Waals surface area (Å²) in [5.74, 6) is 7.54. The Bertz CT molecular complexity index is 1410. The minimum absolute atomic E-state index is 0.0218. The van der Waals surface area contributed by atoms with Crippen LogP contribution >= 0.6 is 0 Å². The van der Waals surface area contributed by atoms with E-state index in [0.29, 0.717) is 10.8 Å². The molecule has 0 bridgehead atoms. The van der Waals surface area contributed by atoms with Crippen LogP contribution in [-0.2, 0) is 14.3 Å². The standard InChI is InChI=1S/C26H22N4O7/c27-29-25(33)23-17-7-3-1-5-15(17)9-11-19(23)36-21(31)13-35-14-22(32)37-20-12-10-16-6-2-4-8-18(16)24(20)26(34)30-28/h1-12H,13-14,27-28H2,(H,29,33)(H,30,34). The lowest BCUT2D eigenvalue weighted by Crippen LogP contribution is -2.31. The highest BCUT2D eigenvalue weighted by Crippen LogP contribution is 2.29. The van der Waals surface area contributed by atoms with Crippen LogP contribution in [0.25, 0.3) is 21.5 Å². The molecule has 0 heterocycles. The lowest BCUT2D eigenvalue weighted by molar-refractivity contribution is -0.145. The lowest BCUT2D eigenvalue weighted by atomic mass is 10.0. The van der Waals surface area contributed by atoms with Crippen molar-refractivity contribution in [2.75, 3.05) is 13.2 Å². The Morgan fingerprint density at radius 1 is 0.595 bits per heavy atom. The molecule has 11 nitrogen and oxygen atoms in total. The molecule has 37 heavy (non-hydrogen) atoms. The molecule has 0 radical (unpaired) electrons. The third-order valence-corrected chi connectivity index (χ3v) is 5.39. The summed E-state index contributed by atoms with van der Waals surface area (Å²) in [7, 11) is 0. The first-order valence-electron chi connectivity index (χ1n) is 11.0. The maximum atomic E-state index is 12.4. The molecule has 4 rings (SSSR count). The molecule has 4 aromatic rings. The number of nitrogens with one attached hydrogen (secondary N) is 2. The van der Waals surface area contributed by atoms with Gasteiger partial charge >= 0.3 is 11.9 Å². The molecule has 2 amide bonds. The number of esters is 2. The Morgan fingerprint density at radius 3 is 1.41 bits per heavy atom. The molecular formula is C26H22N4O7. The fourth-order valence-electron chi connectivity index (χ4n) is 3.81. The summed E-state index contributed by atoms with van der Waals surface area (Å²) >= 11 is 0. The van der Waals surface area contributed by atoms with Crippen LogP contribution in [0.3, 0.4) is 0 Å². The smallest absolute Gasteiger partial charge is 0.337 e. The van der Waals surface area contributed by atoms with Crippen LogP contribution < -0.4 is 32.0 Å². The van der Waals surface area contributed by atoms with Gasteiger partial charge in [0.1, 0.15) is 24.7 Å². The zero-order valence-corrected chi connectivity index (χ0v) is 19.4. The predicted octanol–water partition coefficient (Wildman–Crippen LogP) is 1.73. The van der Waals surface area contributed by atoms with E-state index in [1.165, 1.54) is 12.1 Å². The zero-order chi connectivity index (χ0) is 26.4. The summed E-state index contributed by atoms with van der Waals surface area (Å²) in [6.07, 6.45) is 0. The highest BCUT2D eigenvalue weighted by atomic mass is 16.6. The average Bonchev–Trinajstić information content (AvgIpc) is 2.92. The Labute approximate surface area is 210 Å². The maximum absolute atomic E-state index is 12.4. The molecule has 0 atom stereocenters. The fourth-order valence-corrected chi connectivity index (χ4v) is 3.81. The Kier molecular flexibility index (Phi) is 7.69. The van der Waals surface area contributed by atoms with E-state index in [9.17, 15) is 19.2 Å². The van der Waals surface area contributed by atoms with Crippen LogP contribution in [-0.4, -0.2) is 37.0 Å². The number of hydrazine groups is 2. The first kappa shape index (κ1) is 25.3. The minimum Gasteiger partial charge on any atom is -0.424 e. The van der Waals surface area contributed by atoms with Crippen molar-refractivity contribution in [2.24, 2.45) is 11.7 Å². The van der Waals surface area contributed by atoms with Crippen LogP contribution in [0.5, 0.6) is 11.5 Å². The van der Waals surface area contributed by atoms with Crippen molar-refractivity contribution in [3.63, 3.8) is 0 Å². The minimum atomic E-state index is -0.858. The number of amides is 2. The van der Waals surface area contributed by atoms with Crippen molar-refractivity contribution in [1.82, 2.24) is 10.9 Å². The second-order valence-electron chi connectivity index (χ2n) is 7.71. The van der Waals surface area contributed by atoms with Crippen LogP contribution in [0.15, 0.2) is 72.8 Å². The van der Waals surface area contributed by atoms with E-state index >= 15 is 0 Å². The van der Waals surface area contributed by atoms with Gasteiger partial charge in [-0.25, -0.2) is 21.3 Å². The monoisotopic (exact) mass is 502 g/mol. The SMILES string of the molecule is NNC(=O)c1c(OC(=O)COCC(=O)Oc2ccc3ccccc3c2C(=O)NN)ccc2ccccc12. The van der Waals surface area contributed by atoms with Gasteiger partial charge in [-0.15, -0.1) is 0 Å². The molecule has 0 aliphatic carbocycles. The van der Waals surface area contributed by atoms with Gasteiger partial charge in [0, 0.05) is 0 Å². The average molecular weight is 502 g/mol. The molecule has 11 heteroatoms. The topological polar surface area (TPSA) is 172 Å². The van der Waals surface area contributed by atoms with Crippen molar-refractivity contribution in [2.45, 2.75) is 0 Å². The number of benzene rings is 4. The molecule has 6 N–H and O–H groups in total. The van der Waals surface area contributed by atoms with Gasteiger partial charge in [0.2, 0.25) is 0 Å². The normalized spacial score (nSPS) is 10.6. The van der Waals surface area contributed by atoms with E-state index in [-0.39, 0.29) is 22.6 Å². The van der Waals surface area contributed by atoms with Gasteiger partial charge in [-0.3, -0.25) is 20.4 Å². The molecule has 0 saturated carbocycles. The van der Waals surface area contributed by atoms with Crippen molar-refractivity contribution in [3.8, 4) is 11.5 Å². The molecule has 0 unspecified atom stereocenters. The number of carbonyl (C=O) groups excluding carboxylic acids is 4. The molecule has 0 aromatic heterocycles. The zero-order valence-electron chi connectivity index (χ0n) is 19.4. The number of nitrogens with two attached hydrogens (primary N) is 2. The molecular weight excluding hydrogens is 480 g/mol. The van der Waals surface area contributed by atoms with Crippen molar-refractivity contribution in [1.29, 1.82) is 0 Å². The number of carbonyl (C=O) groups is 4. The van der Waals surface area contributed by atoms with Crippen molar-refractivity contribution in [3.05, 3.63) is 83.9 Å². The van der Waals surface area contributed by atoms with Gasteiger partial charge < -0.3 is 14.2 Å². The van der Waals surface area contributed by atoms with Gasteiger partial charge in [0.05, 0.1) is 11.1 Å². The van der Waals surface area contributed by atoms with E-state index in [2.05, 4.69) is 0 Å². The quantitative estimate of drug-likeness (QED) is 0.0920. The molecule has 0 spiro atoms. The molecule has 0 fully saturated rings. The van der Waals surface area contributed by atoms with Gasteiger partial charge in [0.25, 0.3) is 11.8 Å². The number of ether oxygens (including phenoxy) is 3. The van der Waals surface area contributed by atoms with E-state index in [1.54, 1.807) is 60.7 Å². The summed E-state index contributed by atoms with van der Waals surface area (Å²) in [6, 6.07) is 20.3. The van der Waals surface area contributed by atoms with E-state index in [4.69, 9.17) is 25.9 Å². The molecule has 0 aliphatic rings. The highest BCUT2D eigenvalue weighted by Gasteiger charge is 2.20. The van der Waals surface area contributed by atoms with Crippen LogP contribution in [0.1, 0.15) is 20.7 Å². The summed E-state index contributed by atoms with van der Waals surface area (Å²) in [4.78, 5) is 49.4. The number of hydrogen-bond acceptors (Lipinski definition) is 9. The van der Waals surface area contributed by atoms with Gasteiger partial charge in [-0.05, 0) is 33.7 Å². The van der Waals surface area contributed by atoms with E-state index in [1.807, 2.05) is 10.9 Å². The first-order valence-corrected chi connectivity index (χ1v) is 11.0. The molecule has 188 valence electrons. The summed E-state index contributed by atoms with van der Waals surface area (Å²) in [5, 5.41) is 2.56. The second kappa shape index (κ2) is 11.3. The van der Waals surface area contributed by atoms with Gasteiger partial charge in [-0.1, -0.05) is 60.7 Å². The number of nitrogen functional groups attached to an aromatic ring is 2. The molecule has 0 aliphatic heterocycles. The van der Waals surface area contributed by atoms with Crippen molar-refractivity contribution < 1.29 is 33.4 Å². The number of rotatable bonds is 8. The summed E-state index contributed by atoms with van der Waals surface area (Å²) in [6.45, 7) is -1.22. The fraction of sp³-hybridized carbons (Fsp3) is 0.0769. The maximum Gasteiger partial charge on any atom is 0.337 e. The van der Waals surface area contributed by atoms with Crippen LogP contribution in [0.2, 0.25) is 0 Å². The molecule has 4 aromatic carbocycles. The Balaban J connectivity index is 1.41. The van der Waals surface area contributed by atoms with Gasteiger partial charge in [-0.2, -0.15) is 0 Å². The van der Waals surface area contributed by atoms with Crippen molar-refractivity contribution >= 4 is 45.3 Å². The molecule has 0 saturated heterocycles. The lowest BCUT2D eigenvalue weighted by Gasteiger charge is -2.13. The largest absolute Gasteiger partial charge is 0.424 e.